The van der Waals surface area contributed by atoms with Gasteiger partial charge in [-0.05, 0) is 0 Å². The minimum atomic E-state index is -1.02. The van der Waals surface area contributed by atoms with Crippen LogP contribution in [-0.4, -0.2) is 30.1 Å². The van der Waals surface area contributed by atoms with Crippen LogP contribution in [0.15, 0.2) is 11.2 Å². The van der Waals surface area contributed by atoms with Crippen molar-refractivity contribution < 1.29 is 9.90 Å². The van der Waals surface area contributed by atoms with E-state index < -0.39 is 5.97 Å². The molecule has 0 aliphatic rings. The minimum absolute atomic E-state index is 0.0802. The second-order valence-corrected chi connectivity index (χ2v) is 1.91. The highest BCUT2D eigenvalue weighted by atomic mass is 35.5. The topological polar surface area (TPSA) is 40.5 Å². The summed E-state index contributed by atoms with van der Waals surface area (Å²) in [4.78, 5) is 11.6. The molecule has 4 heteroatoms. The van der Waals surface area contributed by atoms with Gasteiger partial charge in [0.2, 0.25) is 0 Å². The molecule has 9 heavy (non-hydrogen) atoms. The van der Waals surface area contributed by atoms with E-state index in [4.69, 9.17) is 16.7 Å². The summed E-state index contributed by atoms with van der Waals surface area (Å²) in [6.07, 6.45) is 0. The average molecular weight is 150 g/mol. The molecule has 0 aromatic heterocycles. The summed E-state index contributed by atoms with van der Waals surface area (Å²) in [6, 6.07) is 0. The molecule has 52 valence electrons. The van der Waals surface area contributed by atoms with Crippen LogP contribution in [0.4, 0.5) is 0 Å². The van der Waals surface area contributed by atoms with E-state index >= 15 is 0 Å². The SMILES string of the molecule is CN(C)C(=CCl)C(=O)O. The Hall–Kier alpha value is -0.700. The maximum atomic E-state index is 10.2. The van der Waals surface area contributed by atoms with Gasteiger partial charge in [-0.2, -0.15) is 0 Å². The first kappa shape index (κ1) is 8.30. The first-order valence-corrected chi connectivity index (χ1v) is 2.74. The van der Waals surface area contributed by atoms with E-state index in [1.807, 2.05) is 0 Å². The van der Waals surface area contributed by atoms with E-state index in [2.05, 4.69) is 0 Å². The number of hydrogen-bond donors (Lipinski definition) is 1. The van der Waals surface area contributed by atoms with Crippen LogP contribution in [-0.2, 0) is 4.79 Å². The van der Waals surface area contributed by atoms with Crippen LogP contribution in [0, 0.1) is 0 Å². The highest BCUT2D eigenvalue weighted by Gasteiger charge is 2.06. The van der Waals surface area contributed by atoms with Gasteiger partial charge in [0.1, 0.15) is 5.70 Å². The first-order chi connectivity index (χ1) is 4.09. The third kappa shape index (κ3) is 2.37. The van der Waals surface area contributed by atoms with Crippen molar-refractivity contribution in [2.24, 2.45) is 0 Å². The van der Waals surface area contributed by atoms with Gasteiger partial charge in [0.05, 0.1) is 0 Å². The van der Waals surface area contributed by atoms with Gasteiger partial charge in [0.15, 0.2) is 0 Å². The van der Waals surface area contributed by atoms with Gasteiger partial charge in [0, 0.05) is 19.6 Å². The fraction of sp³-hybridized carbons (Fsp3) is 0.400. The molecule has 0 saturated carbocycles. The molecule has 0 radical (unpaired) electrons. The Kier molecular flexibility index (Phi) is 3.09. The second-order valence-electron chi connectivity index (χ2n) is 1.69. The molecule has 0 amide bonds. The van der Waals surface area contributed by atoms with Crippen molar-refractivity contribution in [2.75, 3.05) is 14.1 Å². The zero-order chi connectivity index (χ0) is 7.44. The summed E-state index contributed by atoms with van der Waals surface area (Å²) in [5, 5.41) is 8.35. The van der Waals surface area contributed by atoms with Crippen molar-refractivity contribution in [1.29, 1.82) is 0 Å². The van der Waals surface area contributed by atoms with Gasteiger partial charge in [-0.15, -0.1) is 0 Å². The molecule has 0 aromatic rings. The van der Waals surface area contributed by atoms with Crippen molar-refractivity contribution in [3.63, 3.8) is 0 Å². The van der Waals surface area contributed by atoms with Crippen molar-refractivity contribution in [1.82, 2.24) is 4.90 Å². The maximum Gasteiger partial charge on any atom is 0.353 e. The molecule has 0 rings (SSSR count). The highest BCUT2D eigenvalue weighted by Crippen LogP contribution is 1.99. The van der Waals surface area contributed by atoms with Crippen LogP contribution in [0.3, 0.4) is 0 Å². The van der Waals surface area contributed by atoms with Gasteiger partial charge in [-0.25, -0.2) is 4.79 Å². The molecule has 3 nitrogen and oxygen atoms in total. The molecular weight excluding hydrogens is 142 g/mol. The molecule has 0 unspecified atom stereocenters. The molecule has 1 N–H and O–H groups in total. The van der Waals surface area contributed by atoms with Crippen LogP contribution >= 0.6 is 11.6 Å². The predicted molar refractivity (Wildman–Crippen MR) is 35.3 cm³/mol. The molecule has 0 saturated heterocycles. The molecule has 0 aliphatic heterocycles. The smallest absolute Gasteiger partial charge is 0.353 e. The lowest BCUT2D eigenvalue weighted by Crippen LogP contribution is -2.17. The van der Waals surface area contributed by atoms with E-state index in [0.29, 0.717) is 0 Å². The number of hydrogen-bond acceptors (Lipinski definition) is 2. The molecule has 0 bridgehead atoms. The first-order valence-electron chi connectivity index (χ1n) is 2.30. The Morgan fingerprint density at radius 2 is 2.11 bits per heavy atom. The van der Waals surface area contributed by atoms with Crippen LogP contribution in [0.25, 0.3) is 0 Å². The van der Waals surface area contributed by atoms with E-state index in [0.717, 1.165) is 5.54 Å². The Labute approximate surface area is 58.5 Å². The number of carbonyl (C=O) groups is 1. The zero-order valence-electron chi connectivity index (χ0n) is 5.26. The number of likely N-dealkylation sites (N-methyl/N-ethyl adjacent to an activating group) is 1. The minimum Gasteiger partial charge on any atom is -0.477 e. The van der Waals surface area contributed by atoms with Crippen molar-refractivity contribution >= 4 is 17.6 Å². The van der Waals surface area contributed by atoms with Gasteiger partial charge in [-0.1, -0.05) is 11.6 Å². The Morgan fingerprint density at radius 3 is 2.11 bits per heavy atom. The van der Waals surface area contributed by atoms with Crippen molar-refractivity contribution in [3.8, 4) is 0 Å². The second kappa shape index (κ2) is 3.35. The maximum absolute atomic E-state index is 10.2. The summed E-state index contributed by atoms with van der Waals surface area (Å²) in [5.74, 6) is -1.02. The fourth-order valence-electron chi connectivity index (χ4n) is 0.336. The van der Waals surface area contributed by atoms with Crippen LogP contribution < -0.4 is 0 Å². The Balaban J connectivity index is 4.19. The lowest BCUT2D eigenvalue weighted by Gasteiger charge is -2.10. The molecular formula is C5H8ClNO2. The van der Waals surface area contributed by atoms with Crippen LogP contribution in [0.5, 0.6) is 0 Å². The van der Waals surface area contributed by atoms with Gasteiger partial charge in [0.25, 0.3) is 0 Å². The zero-order valence-corrected chi connectivity index (χ0v) is 6.01. The number of carboxylic acids is 1. The summed E-state index contributed by atoms with van der Waals surface area (Å²) in [7, 11) is 3.23. The molecule has 0 atom stereocenters. The lowest BCUT2D eigenvalue weighted by molar-refractivity contribution is -0.134. The van der Waals surface area contributed by atoms with Gasteiger partial charge in [-0.3, -0.25) is 0 Å². The van der Waals surface area contributed by atoms with Crippen LogP contribution in [0.2, 0.25) is 0 Å². The Morgan fingerprint density at radius 1 is 1.67 bits per heavy atom. The summed E-state index contributed by atoms with van der Waals surface area (Å²) in [5.41, 5.74) is 1.11. The monoisotopic (exact) mass is 149 g/mol. The van der Waals surface area contributed by atoms with Gasteiger partial charge < -0.3 is 10.0 Å². The largest absolute Gasteiger partial charge is 0.477 e. The molecule has 0 heterocycles. The number of carboxylic acid groups (broad SMARTS) is 1. The van der Waals surface area contributed by atoms with E-state index in [1.54, 1.807) is 14.1 Å². The third-order valence-electron chi connectivity index (χ3n) is 0.804. The summed E-state index contributed by atoms with van der Waals surface area (Å²) < 4.78 is 0. The number of rotatable bonds is 2. The van der Waals surface area contributed by atoms with Crippen LogP contribution in [0.1, 0.15) is 0 Å². The van der Waals surface area contributed by atoms with Gasteiger partial charge >= 0.3 is 5.97 Å². The number of halogens is 1. The average Bonchev–Trinajstić information content (AvgIpc) is 1.64. The molecule has 0 spiro atoms. The van der Waals surface area contributed by atoms with E-state index in [9.17, 15) is 4.79 Å². The van der Waals surface area contributed by atoms with Crippen molar-refractivity contribution in [3.05, 3.63) is 11.2 Å². The molecule has 0 fully saturated rings. The number of nitrogens with zero attached hydrogens (tertiary/aromatic N) is 1. The van der Waals surface area contributed by atoms with E-state index in [1.165, 1.54) is 4.90 Å². The summed E-state index contributed by atoms with van der Waals surface area (Å²) in [6.45, 7) is 0. The Bertz CT molecular complexity index is 142. The normalized spacial score (nSPS) is 11.2. The third-order valence-corrected chi connectivity index (χ3v) is 1.01. The van der Waals surface area contributed by atoms with E-state index in [-0.39, 0.29) is 5.70 Å². The van der Waals surface area contributed by atoms with Crippen molar-refractivity contribution in [2.45, 2.75) is 0 Å². The molecule has 0 aromatic carbocycles. The summed E-state index contributed by atoms with van der Waals surface area (Å²) >= 11 is 5.17. The molecule has 0 aliphatic carbocycles. The predicted octanol–water partition coefficient (Wildman–Crippen LogP) is 0.713. The fourth-order valence-corrected chi connectivity index (χ4v) is 0.624. The number of aliphatic carboxylic acids is 1. The highest BCUT2D eigenvalue weighted by molar-refractivity contribution is 6.27. The quantitative estimate of drug-likeness (QED) is 0.588. The standard InChI is InChI=1S/C5H8ClNO2/c1-7(2)4(3-6)5(8)9/h3H,1-2H3,(H,8,9). The lowest BCUT2D eigenvalue weighted by atomic mass is 10.5.